The molecule has 0 aromatic heterocycles. The van der Waals surface area contributed by atoms with Crippen LogP contribution >= 0.6 is 0 Å². The van der Waals surface area contributed by atoms with E-state index >= 15 is 0 Å². The zero-order chi connectivity index (χ0) is 21.1. The molecule has 3 aliphatic rings. The number of hydrogen-bond acceptors (Lipinski definition) is 5. The Morgan fingerprint density at radius 3 is 2.37 bits per heavy atom. The van der Waals surface area contributed by atoms with Gasteiger partial charge in [-0.05, 0) is 25.0 Å². The number of halogens is 1. The first kappa shape index (κ1) is 21.5. The number of carbonyl (C=O) groups is 1. The van der Waals surface area contributed by atoms with Crippen LogP contribution in [0.3, 0.4) is 0 Å². The molecule has 1 atom stereocenters. The number of para-hydroxylation sites is 1. The van der Waals surface area contributed by atoms with Gasteiger partial charge < -0.3 is 14.5 Å². The van der Waals surface area contributed by atoms with Gasteiger partial charge in [-0.15, -0.1) is 0 Å². The Morgan fingerprint density at radius 1 is 0.967 bits per heavy atom. The lowest BCUT2D eigenvalue weighted by Gasteiger charge is -2.40. The number of hydrogen-bond donors (Lipinski definition) is 0. The normalized spacial score (nSPS) is 24.8. The zero-order valence-electron chi connectivity index (χ0n) is 17.1. The van der Waals surface area contributed by atoms with Crippen molar-refractivity contribution in [1.29, 1.82) is 0 Å². The van der Waals surface area contributed by atoms with Gasteiger partial charge in [-0.2, -0.15) is 17.0 Å². The molecule has 1 unspecified atom stereocenters. The Labute approximate surface area is 177 Å². The van der Waals surface area contributed by atoms with Crippen LogP contribution in [0.4, 0.5) is 10.1 Å². The molecule has 3 aliphatic heterocycles. The number of anilines is 1. The Balaban J connectivity index is 1.35. The molecule has 0 saturated carbocycles. The summed E-state index contributed by atoms with van der Waals surface area (Å²) in [6.07, 6.45) is 1.37. The first-order valence-electron chi connectivity index (χ1n) is 10.6. The van der Waals surface area contributed by atoms with Crippen LogP contribution in [-0.2, 0) is 19.7 Å². The fourth-order valence-electron chi connectivity index (χ4n) is 4.43. The molecular formula is C20H29FN4O4S. The third-order valence-corrected chi connectivity index (χ3v) is 8.14. The smallest absolute Gasteiger partial charge is 0.282 e. The van der Waals surface area contributed by atoms with Crippen molar-refractivity contribution in [3.05, 3.63) is 30.1 Å². The number of morpholine rings is 1. The summed E-state index contributed by atoms with van der Waals surface area (Å²) in [5, 5.41) is 0. The standard InChI is InChI=1S/C20H29FN4O4S/c21-18-5-1-2-6-19(18)22-8-10-23(11-9-22)20(26)17-4-3-7-25(16-17)30(27,28)24-12-14-29-15-13-24/h1-2,5-6,17H,3-4,7-16H2. The van der Waals surface area contributed by atoms with Crippen molar-refractivity contribution in [2.75, 3.05) is 70.5 Å². The average Bonchev–Trinajstić information content (AvgIpc) is 2.80. The number of benzene rings is 1. The molecule has 4 rings (SSSR count). The second-order valence-electron chi connectivity index (χ2n) is 7.98. The fraction of sp³-hybridized carbons (Fsp3) is 0.650. The highest BCUT2D eigenvalue weighted by Gasteiger charge is 2.38. The van der Waals surface area contributed by atoms with Gasteiger partial charge in [0.1, 0.15) is 5.82 Å². The second-order valence-corrected chi connectivity index (χ2v) is 9.91. The van der Waals surface area contributed by atoms with Crippen LogP contribution in [0.25, 0.3) is 0 Å². The number of piperazine rings is 1. The van der Waals surface area contributed by atoms with E-state index in [9.17, 15) is 17.6 Å². The molecule has 0 N–H and O–H groups in total. The highest BCUT2D eigenvalue weighted by molar-refractivity contribution is 7.86. The summed E-state index contributed by atoms with van der Waals surface area (Å²) in [5.41, 5.74) is 0.560. The van der Waals surface area contributed by atoms with E-state index in [1.807, 2.05) is 11.0 Å². The second kappa shape index (κ2) is 9.17. The maximum absolute atomic E-state index is 14.0. The molecule has 0 radical (unpaired) electrons. The lowest BCUT2D eigenvalue weighted by Crippen LogP contribution is -2.55. The molecule has 3 saturated heterocycles. The van der Waals surface area contributed by atoms with Crippen LogP contribution in [0.15, 0.2) is 24.3 Å². The fourth-order valence-corrected chi connectivity index (χ4v) is 6.09. The Bertz CT molecular complexity index is 854. The van der Waals surface area contributed by atoms with E-state index in [0.29, 0.717) is 77.6 Å². The molecule has 30 heavy (non-hydrogen) atoms. The van der Waals surface area contributed by atoms with E-state index < -0.39 is 10.2 Å². The number of carbonyl (C=O) groups excluding carboxylic acids is 1. The van der Waals surface area contributed by atoms with Gasteiger partial charge in [0.05, 0.1) is 24.8 Å². The Morgan fingerprint density at radius 2 is 1.67 bits per heavy atom. The molecule has 1 amide bonds. The van der Waals surface area contributed by atoms with Crippen LogP contribution < -0.4 is 4.90 Å². The topological polar surface area (TPSA) is 73.4 Å². The minimum Gasteiger partial charge on any atom is -0.379 e. The maximum Gasteiger partial charge on any atom is 0.282 e. The molecule has 0 bridgehead atoms. The lowest BCUT2D eigenvalue weighted by atomic mass is 9.97. The highest BCUT2D eigenvalue weighted by atomic mass is 32.2. The molecule has 0 aliphatic carbocycles. The summed E-state index contributed by atoms with van der Waals surface area (Å²) in [7, 11) is -3.57. The monoisotopic (exact) mass is 440 g/mol. The molecule has 10 heteroatoms. The van der Waals surface area contributed by atoms with Gasteiger partial charge in [-0.25, -0.2) is 4.39 Å². The summed E-state index contributed by atoms with van der Waals surface area (Å²) in [6.45, 7) is 4.36. The zero-order valence-corrected chi connectivity index (χ0v) is 17.9. The van der Waals surface area contributed by atoms with Crippen molar-refractivity contribution in [3.63, 3.8) is 0 Å². The van der Waals surface area contributed by atoms with Crippen molar-refractivity contribution in [1.82, 2.24) is 13.5 Å². The van der Waals surface area contributed by atoms with E-state index in [1.165, 1.54) is 14.7 Å². The number of nitrogens with zero attached hydrogens (tertiary/aromatic N) is 4. The first-order chi connectivity index (χ1) is 14.5. The average molecular weight is 441 g/mol. The highest BCUT2D eigenvalue weighted by Crippen LogP contribution is 2.25. The van der Waals surface area contributed by atoms with E-state index in [0.717, 1.165) is 0 Å². The van der Waals surface area contributed by atoms with Crippen molar-refractivity contribution < 1.29 is 22.3 Å². The van der Waals surface area contributed by atoms with Gasteiger partial charge in [0.25, 0.3) is 10.2 Å². The number of amides is 1. The SMILES string of the molecule is O=C(C1CCCN(S(=O)(=O)N2CCOCC2)C1)N1CCN(c2ccccc2F)CC1. The quantitative estimate of drug-likeness (QED) is 0.691. The van der Waals surface area contributed by atoms with Gasteiger partial charge in [0.15, 0.2) is 0 Å². The largest absolute Gasteiger partial charge is 0.379 e. The molecule has 1 aromatic rings. The predicted molar refractivity (Wildman–Crippen MR) is 111 cm³/mol. The third-order valence-electron chi connectivity index (χ3n) is 6.14. The molecule has 0 spiro atoms. The molecule has 166 valence electrons. The van der Waals surface area contributed by atoms with Crippen LogP contribution in [0, 0.1) is 11.7 Å². The number of piperidine rings is 1. The van der Waals surface area contributed by atoms with Crippen LogP contribution in [0.1, 0.15) is 12.8 Å². The molecule has 1 aromatic carbocycles. The third kappa shape index (κ3) is 4.46. The van der Waals surface area contributed by atoms with Crippen LogP contribution in [-0.4, -0.2) is 93.4 Å². The molecular weight excluding hydrogens is 411 g/mol. The number of ether oxygens (including phenoxy) is 1. The van der Waals surface area contributed by atoms with E-state index in [1.54, 1.807) is 17.0 Å². The maximum atomic E-state index is 14.0. The van der Waals surface area contributed by atoms with Crippen molar-refractivity contribution >= 4 is 21.8 Å². The minimum absolute atomic E-state index is 0.00469. The molecule has 3 heterocycles. The van der Waals surface area contributed by atoms with Crippen LogP contribution in [0.5, 0.6) is 0 Å². The summed E-state index contributed by atoms with van der Waals surface area (Å²) < 4.78 is 48.1. The predicted octanol–water partition coefficient (Wildman–Crippen LogP) is 0.763. The number of rotatable bonds is 4. The molecule has 3 fully saturated rings. The summed E-state index contributed by atoms with van der Waals surface area (Å²) in [5.74, 6) is -0.576. The Kier molecular flexibility index (Phi) is 6.57. The van der Waals surface area contributed by atoms with Crippen molar-refractivity contribution in [2.45, 2.75) is 12.8 Å². The van der Waals surface area contributed by atoms with Crippen LogP contribution in [0.2, 0.25) is 0 Å². The van der Waals surface area contributed by atoms with Gasteiger partial charge >= 0.3 is 0 Å². The van der Waals surface area contributed by atoms with Gasteiger partial charge in [-0.3, -0.25) is 4.79 Å². The van der Waals surface area contributed by atoms with Crippen molar-refractivity contribution in [2.24, 2.45) is 5.92 Å². The van der Waals surface area contributed by atoms with E-state index in [4.69, 9.17) is 4.74 Å². The molecule has 8 nitrogen and oxygen atoms in total. The Hall–Kier alpha value is -1.75. The van der Waals surface area contributed by atoms with Gasteiger partial charge in [0.2, 0.25) is 5.91 Å². The van der Waals surface area contributed by atoms with E-state index in [-0.39, 0.29) is 24.2 Å². The first-order valence-corrected chi connectivity index (χ1v) is 12.0. The summed E-state index contributed by atoms with van der Waals surface area (Å²) in [4.78, 5) is 16.8. The van der Waals surface area contributed by atoms with Gasteiger partial charge in [-0.1, -0.05) is 12.1 Å². The summed E-state index contributed by atoms with van der Waals surface area (Å²) >= 11 is 0. The van der Waals surface area contributed by atoms with E-state index in [2.05, 4.69) is 0 Å². The van der Waals surface area contributed by atoms with Crippen molar-refractivity contribution in [3.8, 4) is 0 Å². The minimum atomic E-state index is -3.57. The summed E-state index contributed by atoms with van der Waals surface area (Å²) in [6, 6.07) is 6.67. The van der Waals surface area contributed by atoms with Gasteiger partial charge in [0, 0.05) is 52.4 Å². The lowest BCUT2D eigenvalue weighted by molar-refractivity contribution is -0.137.